The minimum atomic E-state index is -0.837. The highest BCUT2D eigenvalue weighted by Gasteiger charge is 2.61. The molecular formula is C34H39NO9. The van der Waals surface area contributed by atoms with E-state index in [9.17, 15) is 9.59 Å². The summed E-state index contributed by atoms with van der Waals surface area (Å²) in [5, 5.41) is 0.880. The van der Waals surface area contributed by atoms with Gasteiger partial charge in [0.05, 0.1) is 11.2 Å². The van der Waals surface area contributed by atoms with Crippen LogP contribution in [0.4, 0.5) is 0 Å². The first-order valence-corrected chi connectivity index (χ1v) is 15.4. The zero-order chi connectivity index (χ0) is 30.9. The van der Waals surface area contributed by atoms with Crippen molar-refractivity contribution in [1.29, 1.82) is 0 Å². The molecule has 4 aliphatic heterocycles. The van der Waals surface area contributed by atoms with E-state index in [0.717, 1.165) is 22.2 Å². The van der Waals surface area contributed by atoms with Gasteiger partial charge in [0.15, 0.2) is 17.9 Å². The SMILES string of the molecule is CC(=O)n1c2c(c3ccccc31)OC(CCC(=O)OC[C@H]1O[C@@H]3OC(C)(C)O[C@@H]3[C@H]3OC(C)(C)O[C@H]31)(c1ccccc1)CC2. The van der Waals surface area contributed by atoms with Gasteiger partial charge in [-0.2, -0.15) is 0 Å². The molecule has 1 unspecified atom stereocenters. The molecule has 0 N–H and O–H groups in total. The minimum Gasteiger partial charge on any atom is -0.480 e. The number of benzene rings is 2. The predicted octanol–water partition coefficient (Wildman–Crippen LogP) is 5.24. The molecule has 7 rings (SSSR count). The molecule has 0 bridgehead atoms. The third-order valence-electron chi connectivity index (χ3n) is 8.99. The van der Waals surface area contributed by atoms with Gasteiger partial charge >= 0.3 is 5.97 Å². The van der Waals surface area contributed by atoms with Crippen LogP contribution in [0.1, 0.15) is 69.9 Å². The topological polar surface area (TPSA) is 104 Å². The van der Waals surface area contributed by atoms with E-state index in [1.165, 1.54) is 0 Å². The molecule has 1 aromatic heterocycles. The first-order chi connectivity index (χ1) is 21.0. The lowest BCUT2D eigenvalue weighted by Crippen LogP contribution is -2.56. The number of para-hydroxylation sites is 1. The Labute approximate surface area is 256 Å². The van der Waals surface area contributed by atoms with Crippen LogP contribution in [0.25, 0.3) is 10.9 Å². The van der Waals surface area contributed by atoms with Crippen LogP contribution >= 0.6 is 0 Å². The van der Waals surface area contributed by atoms with Gasteiger partial charge in [0, 0.05) is 25.2 Å². The average Bonchev–Trinajstić information content (AvgIpc) is 3.61. The Morgan fingerprint density at radius 1 is 0.886 bits per heavy atom. The fourth-order valence-corrected chi connectivity index (χ4v) is 7.17. The lowest BCUT2D eigenvalue weighted by Gasteiger charge is -2.39. The minimum absolute atomic E-state index is 0.0120. The number of rotatable bonds is 6. The Hall–Kier alpha value is -3.28. The van der Waals surface area contributed by atoms with Crippen LogP contribution in [-0.2, 0) is 45.2 Å². The number of hydrogen-bond acceptors (Lipinski definition) is 9. The van der Waals surface area contributed by atoms with Crippen molar-refractivity contribution in [3.63, 3.8) is 0 Å². The van der Waals surface area contributed by atoms with Crippen molar-refractivity contribution in [2.45, 2.75) is 108 Å². The largest absolute Gasteiger partial charge is 0.480 e. The Balaban J connectivity index is 1.08. The third kappa shape index (κ3) is 5.12. The monoisotopic (exact) mass is 605 g/mol. The second-order valence-corrected chi connectivity index (χ2v) is 13.0. The van der Waals surface area contributed by atoms with E-state index in [4.69, 9.17) is 33.2 Å². The van der Waals surface area contributed by atoms with E-state index in [0.29, 0.717) is 25.0 Å². The second kappa shape index (κ2) is 10.7. The van der Waals surface area contributed by atoms with Crippen molar-refractivity contribution < 1.29 is 42.7 Å². The van der Waals surface area contributed by atoms with Crippen molar-refractivity contribution in [3.8, 4) is 5.75 Å². The van der Waals surface area contributed by atoms with Crippen LogP contribution < -0.4 is 4.74 Å². The number of esters is 1. The van der Waals surface area contributed by atoms with Crippen LogP contribution in [0.5, 0.6) is 5.75 Å². The van der Waals surface area contributed by atoms with E-state index in [1.807, 2.05) is 82.3 Å². The Kier molecular flexibility index (Phi) is 7.13. The maximum Gasteiger partial charge on any atom is 0.306 e. The van der Waals surface area contributed by atoms with Crippen molar-refractivity contribution >= 4 is 22.8 Å². The number of hydrogen-bond donors (Lipinski definition) is 0. The summed E-state index contributed by atoms with van der Waals surface area (Å²) in [4.78, 5) is 25.9. The fourth-order valence-electron chi connectivity index (χ4n) is 7.17. The van der Waals surface area contributed by atoms with Crippen LogP contribution in [0, 0.1) is 0 Å². The van der Waals surface area contributed by atoms with E-state index in [2.05, 4.69) is 0 Å². The molecular weight excluding hydrogens is 566 g/mol. The smallest absolute Gasteiger partial charge is 0.306 e. The van der Waals surface area contributed by atoms with Gasteiger partial charge in [0.1, 0.15) is 42.4 Å². The summed E-state index contributed by atoms with van der Waals surface area (Å²) in [5.74, 6) is -1.40. The molecule has 4 aliphatic rings. The number of aromatic nitrogens is 1. The van der Waals surface area contributed by atoms with Crippen molar-refractivity contribution in [2.24, 2.45) is 0 Å². The zero-order valence-corrected chi connectivity index (χ0v) is 25.7. The van der Waals surface area contributed by atoms with Gasteiger partial charge in [-0.25, -0.2) is 0 Å². The number of fused-ring (bicyclic) bond motifs is 6. The molecule has 3 saturated heterocycles. The first-order valence-electron chi connectivity index (χ1n) is 15.4. The molecule has 0 aliphatic carbocycles. The molecule has 3 aromatic rings. The van der Waals surface area contributed by atoms with Crippen molar-refractivity contribution in [2.75, 3.05) is 6.61 Å². The summed E-state index contributed by atoms with van der Waals surface area (Å²) in [6.07, 6.45) is -0.838. The molecule has 0 saturated carbocycles. The number of ether oxygens (including phenoxy) is 7. The highest BCUT2D eigenvalue weighted by Crippen LogP contribution is 2.48. The van der Waals surface area contributed by atoms with Gasteiger partial charge < -0.3 is 33.2 Å². The van der Waals surface area contributed by atoms with Gasteiger partial charge in [0.25, 0.3) is 0 Å². The molecule has 6 atom stereocenters. The summed E-state index contributed by atoms with van der Waals surface area (Å²) in [6.45, 7) is 8.90. The number of carbonyl (C=O) groups is 2. The lowest BCUT2D eigenvalue weighted by molar-refractivity contribution is -0.242. The molecule has 5 heterocycles. The van der Waals surface area contributed by atoms with Crippen LogP contribution in [0.3, 0.4) is 0 Å². The quantitative estimate of drug-likeness (QED) is 0.349. The zero-order valence-electron chi connectivity index (χ0n) is 25.7. The number of carbonyl (C=O) groups excluding carboxylic acids is 2. The highest BCUT2D eigenvalue weighted by molar-refractivity contribution is 5.97. The Morgan fingerprint density at radius 3 is 2.34 bits per heavy atom. The molecule has 0 radical (unpaired) electrons. The lowest BCUT2D eigenvalue weighted by atomic mass is 9.82. The van der Waals surface area contributed by atoms with E-state index >= 15 is 0 Å². The fraction of sp³-hybridized carbons (Fsp3) is 0.529. The van der Waals surface area contributed by atoms with Crippen molar-refractivity contribution in [3.05, 3.63) is 65.9 Å². The maximum atomic E-state index is 13.3. The van der Waals surface area contributed by atoms with Crippen LogP contribution in [0.15, 0.2) is 54.6 Å². The molecule has 10 nitrogen and oxygen atoms in total. The number of nitrogens with zero attached hydrogens (tertiary/aromatic N) is 1. The highest BCUT2D eigenvalue weighted by atomic mass is 16.9. The Morgan fingerprint density at radius 2 is 1.57 bits per heavy atom. The first kappa shape index (κ1) is 29.4. The second-order valence-electron chi connectivity index (χ2n) is 13.0. The van der Waals surface area contributed by atoms with E-state index in [-0.39, 0.29) is 24.9 Å². The molecule has 3 fully saturated rings. The van der Waals surface area contributed by atoms with Gasteiger partial charge in [-0.05, 0) is 58.2 Å². The third-order valence-corrected chi connectivity index (χ3v) is 8.99. The summed E-state index contributed by atoms with van der Waals surface area (Å²) in [7, 11) is 0. The summed E-state index contributed by atoms with van der Waals surface area (Å²) >= 11 is 0. The molecule has 0 amide bonds. The molecule has 44 heavy (non-hydrogen) atoms. The summed E-state index contributed by atoms with van der Waals surface area (Å²) in [5.41, 5.74) is 1.88. The molecule has 10 heteroatoms. The Bertz CT molecular complexity index is 1580. The molecule has 0 spiro atoms. The van der Waals surface area contributed by atoms with Crippen LogP contribution in [0.2, 0.25) is 0 Å². The predicted molar refractivity (Wildman–Crippen MR) is 158 cm³/mol. The van der Waals surface area contributed by atoms with Gasteiger partial charge in [-0.15, -0.1) is 0 Å². The van der Waals surface area contributed by atoms with E-state index < -0.39 is 47.9 Å². The van der Waals surface area contributed by atoms with E-state index in [1.54, 1.807) is 11.5 Å². The van der Waals surface area contributed by atoms with Crippen molar-refractivity contribution in [1.82, 2.24) is 4.57 Å². The normalized spacial score (nSPS) is 31.5. The summed E-state index contributed by atoms with van der Waals surface area (Å²) < 4.78 is 45.0. The van der Waals surface area contributed by atoms with Gasteiger partial charge in [-0.3, -0.25) is 14.2 Å². The molecule has 2 aromatic carbocycles. The summed E-state index contributed by atoms with van der Waals surface area (Å²) in [6, 6.07) is 17.7. The standard InChI is InChI=1S/C34H39NO9/c1-20(36)35-23-14-10-9-13-22(23)27-24(35)15-17-34(43-27,21-11-7-6-8-12-21)18-16-26(37)38-19-25-28-29(41-32(2,3)40-28)30-31(39-25)44-33(4,5)42-30/h6-14,25,28-31H,15-19H2,1-5H3/t25-,28+,29+,30-,31-,34?/m1/s1. The average molecular weight is 606 g/mol. The van der Waals surface area contributed by atoms with Crippen LogP contribution in [-0.4, -0.2) is 65.3 Å². The molecule has 234 valence electrons. The van der Waals surface area contributed by atoms with Gasteiger partial charge in [0.2, 0.25) is 5.91 Å². The maximum absolute atomic E-state index is 13.3. The van der Waals surface area contributed by atoms with Gasteiger partial charge in [-0.1, -0.05) is 42.5 Å².